The van der Waals surface area contributed by atoms with Crippen LogP contribution in [0.15, 0.2) is 0 Å². The highest BCUT2D eigenvalue weighted by Crippen LogP contribution is 2.53. The van der Waals surface area contributed by atoms with Gasteiger partial charge in [0, 0.05) is 6.61 Å². The van der Waals surface area contributed by atoms with Crippen molar-refractivity contribution in [1.29, 1.82) is 0 Å². The summed E-state index contributed by atoms with van der Waals surface area (Å²) in [6, 6.07) is 0. The van der Waals surface area contributed by atoms with Crippen LogP contribution in [-0.2, 0) is 0 Å². The quantitative estimate of drug-likeness (QED) is 0.648. The second-order valence-corrected chi connectivity index (χ2v) is 4.01. The first-order valence-electron chi connectivity index (χ1n) is 4.87. The highest BCUT2D eigenvalue weighted by atomic mass is 16.3. The Morgan fingerprint density at radius 1 is 1.36 bits per heavy atom. The number of rotatable bonds is 5. The van der Waals surface area contributed by atoms with Gasteiger partial charge in [-0.2, -0.15) is 0 Å². The summed E-state index contributed by atoms with van der Waals surface area (Å²) in [6.07, 6.45) is 6.51. The van der Waals surface area contributed by atoms with Crippen LogP contribution in [0.5, 0.6) is 0 Å². The molecular formula is C10H20O. The van der Waals surface area contributed by atoms with Crippen LogP contribution in [0.2, 0.25) is 0 Å². The van der Waals surface area contributed by atoms with Gasteiger partial charge in [0.2, 0.25) is 0 Å². The van der Waals surface area contributed by atoms with Crippen LogP contribution < -0.4 is 0 Å². The molecule has 1 atom stereocenters. The molecule has 1 fully saturated rings. The van der Waals surface area contributed by atoms with Crippen LogP contribution in [0, 0.1) is 11.3 Å². The number of hydrogen-bond donors (Lipinski definition) is 1. The molecule has 0 aromatic heterocycles. The summed E-state index contributed by atoms with van der Waals surface area (Å²) in [5.41, 5.74) is 0.656. The first kappa shape index (κ1) is 9.05. The van der Waals surface area contributed by atoms with Gasteiger partial charge >= 0.3 is 0 Å². The number of hydrogen-bond acceptors (Lipinski definition) is 1. The second-order valence-electron chi connectivity index (χ2n) is 4.01. The van der Waals surface area contributed by atoms with Crippen LogP contribution in [0.1, 0.15) is 46.0 Å². The molecule has 1 heteroatoms. The lowest BCUT2D eigenvalue weighted by atomic mass is 9.89. The molecule has 1 rings (SSSR count). The maximum absolute atomic E-state index is 9.01. The third kappa shape index (κ3) is 2.19. The van der Waals surface area contributed by atoms with Gasteiger partial charge in [-0.15, -0.1) is 0 Å². The van der Waals surface area contributed by atoms with Crippen molar-refractivity contribution in [3.8, 4) is 0 Å². The van der Waals surface area contributed by atoms with Gasteiger partial charge in [-0.1, -0.05) is 26.7 Å². The van der Waals surface area contributed by atoms with Gasteiger partial charge in [0.25, 0.3) is 0 Å². The Morgan fingerprint density at radius 3 is 2.27 bits per heavy atom. The lowest BCUT2D eigenvalue weighted by molar-refractivity contribution is 0.189. The molecule has 66 valence electrons. The molecule has 1 aliphatic carbocycles. The highest BCUT2D eigenvalue weighted by molar-refractivity contribution is 4.92. The van der Waals surface area contributed by atoms with Gasteiger partial charge in [0.05, 0.1) is 0 Å². The van der Waals surface area contributed by atoms with E-state index in [9.17, 15) is 0 Å². The minimum absolute atomic E-state index is 0.387. The van der Waals surface area contributed by atoms with E-state index in [0.717, 1.165) is 6.42 Å². The van der Waals surface area contributed by atoms with E-state index in [1.807, 2.05) is 0 Å². The van der Waals surface area contributed by atoms with E-state index < -0.39 is 0 Å². The molecule has 0 saturated heterocycles. The Hall–Kier alpha value is -0.0400. The molecule has 0 aromatic carbocycles. The fourth-order valence-electron chi connectivity index (χ4n) is 1.83. The summed E-state index contributed by atoms with van der Waals surface area (Å²) in [5.74, 6) is 0.567. The fourth-order valence-corrected chi connectivity index (χ4v) is 1.83. The Labute approximate surface area is 69.8 Å². The average Bonchev–Trinajstić information content (AvgIpc) is 2.81. The molecule has 1 N–H and O–H groups in total. The minimum Gasteiger partial charge on any atom is -0.396 e. The summed E-state index contributed by atoms with van der Waals surface area (Å²) in [7, 11) is 0. The largest absolute Gasteiger partial charge is 0.396 e. The van der Waals surface area contributed by atoms with Gasteiger partial charge in [-0.25, -0.2) is 0 Å². The molecule has 1 aliphatic rings. The van der Waals surface area contributed by atoms with Gasteiger partial charge in [0.1, 0.15) is 0 Å². The molecule has 0 spiro atoms. The average molecular weight is 156 g/mol. The third-order valence-corrected chi connectivity index (χ3v) is 3.26. The Bertz CT molecular complexity index is 112. The molecule has 0 bridgehead atoms. The number of aliphatic hydroxyl groups is 1. The van der Waals surface area contributed by atoms with Crippen LogP contribution in [0.3, 0.4) is 0 Å². The van der Waals surface area contributed by atoms with Crippen molar-refractivity contribution in [3.05, 3.63) is 0 Å². The molecule has 1 nitrogen and oxygen atoms in total. The molecule has 11 heavy (non-hydrogen) atoms. The van der Waals surface area contributed by atoms with Gasteiger partial charge in [0.15, 0.2) is 0 Å². The monoisotopic (exact) mass is 156 g/mol. The molecule has 0 aromatic rings. The SMILES string of the molecule is CCC(CO)CC1(CC)CC1. The van der Waals surface area contributed by atoms with Crippen molar-refractivity contribution >= 4 is 0 Å². The summed E-state index contributed by atoms with van der Waals surface area (Å²) < 4.78 is 0. The van der Waals surface area contributed by atoms with Crippen molar-refractivity contribution in [1.82, 2.24) is 0 Å². The second kappa shape index (κ2) is 3.57. The zero-order chi connectivity index (χ0) is 8.32. The minimum atomic E-state index is 0.387. The van der Waals surface area contributed by atoms with E-state index in [-0.39, 0.29) is 0 Å². The topological polar surface area (TPSA) is 20.2 Å². The van der Waals surface area contributed by atoms with E-state index in [4.69, 9.17) is 5.11 Å². The van der Waals surface area contributed by atoms with Crippen molar-refractivity contribution in [2.75, 3.05) is 6.61 Å². The molecule has 0 amide bonds. The maximum atomic E-state index is 9.01. The van der Waals surface area contributed by atoms with Crippen molar-refractivity contribution in [2.24, 2.45) is 11.3 Å². The number of aliphatic hydroxyl groups excluding tert-OH is 1. The van der Waals surface area contributed by atoms with Crippen LogP contribution >= 0.6 is 0 Å². The smallest absolute Gasteiger partial charge is 0.0459 e. The summed E-state index contributed by atoms with van der Waals surface area (Å²) in [5, 5.41) is 9.01. The standard InChI is InChI=1S/C10H20O/c1-3-9(8-11)7-10(4-2)5-6-10/h9,11H,3-8H2,1-2H3. The van der Waals surface area contributed by atoms with E-state index in [1.54, 1.807) is 0 Å². The van der Waals surface area contributed by atoms with E-state index in [0.29, 0.717) is 17.9 Å². The van der Waals surface area contributed by atoms with E-state index in [2.05, 4.69) is 13.8 Å². The zero-order valence-electron chi connectivity index (χ0n) is 7.77. The normalized spacial score (nSPS) is 23.2. The maximum Gasteiger partial charge on any atom is 0.0459 e. The Balaban J connectivity index is 2.27. The zero-order valence-corrected chi connectivity index (χ0v) is 7.77. The first-order valence-corrected chi connectivity index (χ1v) is 4.87. The predicted molar refractivity (Wildman–Crippen MR) is 47.4 cm³/mol. The molecule has 0 radical (unpaired) electrons. The summed E-state index contributed by atoms with van der Waals surface area (Å²) >= 11 is 0. The van der Waals surface area contributed by atoms with Crippen molar-refractivity contribution < 1.29 is 5.11 Å². The van der Waals surface area contributed by atoms with Gasteiger partial charge in [-0.3, -0.25) is 0 Å². The van der Waals surface area contributed by atoms with E-state index >= 15 is 0 Å². The Morgan fingerprint density at radius 2 is 2.00 bits per heavy atom. The van der Waals surface area contributed by atoms with Crippen molar-refractivity contribution in [2.45, 2.75) is 46.0 Å². The van der Waals surface area contributed by atoms with Crippen LogP contribution in [-0.4, -0.2) is 11.7 Å². The van der Waals surface area contributed by atoms with Gasteiger partial charge in [-0.05, 0) is 30.6 Å². The Kier molecular flexibility index (Phi) is 2.94. The highest BCUT2D eigenvalue weighted by Gasteiger charge is 2.41. The van der Waals surface area contributed by atoms with E-state index in [1.165, 1.54) is 25.7 Å². The third-order valence-electron chi connectivity index (χ3n) is 3.26. The molecule has 0 heterocycles. The fraction of sp³-hybridized carbons (Fsp3) is 1.00. The molecular weight excluding hydrogens is 136 g/mol. The van der Waals surface area contributed by atoms with Crippen molar-refractivity contribution in [3.63, 3.8) is 0 Å². The lowest BCUT2D eigenvalue weighted by Gasteiger charge is -2.18. The molecule has 0 aliphatic heterocycles. The summed E-state index contributed by atoms with van der Waals surface area (Å²) in [4.78, 5) is 0. The van der Waals surface area contributed by atoms with Gasteiger partial charge < -0.3 is 5.11 Å². The molecule has 1 unspecified atom stereocenters. The summed E-state index contributed by atoms with van der Waals surface area (Å²) in [6.45, 7) is 4.84. The van der Waals surface area contributed by atoms with Crippen LogP contribution in [0.25, 0.3) is 0 Å². The predicted octanol–water partition coefficient (Wildman–Crippen LogP) is 2.59. The lowest BCUT2D eigenvalue weighted by Crippen LogP contribution is -2.11. The first-order chi connectivity index (χ1) is 5.26. The molecule has 1 saturated carbocycles. The van der Waals surface area contributed by atoms with Crippen LogP contribution in [0.4, 0.5) is 0 Å².